The van der Waals surface area contributed by atoms with Gasteiger partial charge < -0.3 is 15.1 Å². The topological polar surface area (TPSA) is 53.9 Å². The van der Waals surface area contributed by atoms with Gasteiger partial charge in [-0.25, -0.2) is 4.39 Å². The van der Waals surface area contributed by atoms with Gasteiger partial charge >= 0.3 is 0 Å². The summed E-state index contributed by atoms with van der Waals surface area (Å²) in [6.07, 6.45) is 1.20. The first-order valence-electron chi connectivity index (χ1n) is 7.35. The zero-order valence-corrected chi connectivity index (χ0v) is 13.2. The van der Waals surface area contributed by atoms with E-state index >= 15 is 0 Å². The molecular weight excluding hydrogens is 285 g/mol. The maximum atomic E-state index is 13.3. The summed E-state index contributed by atoms with van der Waals surface area (Å²) in [5.74, 6) is -0.525. The first-order valence-corrected chi connectivity index (χ1v) is 7.35. The number of carbonyl (C=O) groups excluding carboxylic acids is 1. The molecule has 0 saturated carbocycles. The van der Waals surface area contributed by atoms with Crippen molar-refractivity contribution in [3.8, 4) is 0 Å². The third-order valence-electron chi connectivity index (χ3n) is 3.57. The van der Waals surface area contributed by atoms with Crippen LogP contribution in [0.25, 0.3) is 0 Å². The van der Waals surface area contributed by atoms with Gasteiger partial charge in [0, 0.05) is 18.5 Å². The number of nitrogens with one attached hydrogen (secondary N) is 1. The average Bonchev–Trinajstić information content (AvgIpc) is 2.87. The van der Waals surface area contributed by atoms with E-state index in [1.807, 2.05) is 14.1 Å². The molecule has 1 aromatic carbocycles. The van der Waals surface area contributed by atoms with E-state index in [9.17, 15) is 9.18 Å². The van der Waals surface area contributed by atoms with E-state index in [1.165, 1.54) is 12.1 Å². The van der Waals surface area contributed by atoms with E-state index < -0.39 is 5.60 Å². The largest absolute Gasteiger partial charge is 0.379 e. The van der Waals surface area contributed by atoms with Gasteiger partial charge in [0.2, 0.25) is 5.60 Å². The summed E-state index contributed by atoms with van der Waals surface area (Å²) >= 11 is 0. The van der Waals surface area contributed by atoms with Crippen molar-refractivity contribution in [1.82, 2.24) is 10.2 Å². The number of carbonyl (C=O) groups is 1. The summed E-state index contributed by atoms with van der Waals surface area (Å²) < 4.78 is 13.3. The van der Waals surface area contributed by atoms with E-state index in [0.29, 0.717) is 24.2 Å². The summed E-state index contributed by atoms with van der Waals surface area (Å²) in [5, 5.41) is 6.82. The molecule has 22 heavy (non-hydrogen) atoms. The molecular formula is C16H22FN3O2. The van der Waals surface area contributed by atoms with Crippen molar-refractivity contribution in [3.63, 3.8) is 0 Å². The van der Waals surface area contributed by atoms with Gasteiger partial charge in [-0.1, -0.05) is 17.3 Å². The molecule has 0 unspecified atom stereocenters. The van der Waals surface area contributed by atoms with Gasteiger partial charge in [0.25, 0.3) is 5.91 Å². The normalized spacial score (nSPS) is 20.7. The Hall–Kier alpha value is -1.95. The molecule has 2 rings (SSSR count). The predicted molar refractivity (Wildman–Crippen MR) is 83.2 cm³/mol. The van der Waals surface area contributed by atoms with Crippen molar-refractivity contribution in [1.29, 1.82) is 0 Å². The van der Waals surface area contributed by atoms with Gasteiger partial charge in [-0.15, -0.1) is 0 Å². The van der Waals surface area contributed by atoms with Crippen LogP contribution < -0.4 is 5.32 Å². The minimum Gasteiger partial charge on any atom is -0.379 e. The van der Waals surface area contributed by atoms with E-state index in [1.54, 1.807) is 19.1 Å². The smallest absolute Gasteiger partial charge is 0.267 e. The van der Waals surface area contributed by atoms with Crippen molar-refractivity contribution in [3.05, 3.63) is 35.6 Å². The second-order valence-corrected chi connectivity index (χ2v) is 5.96. The molecule has 1 aromatic rings. The molecule has 0 fully saturated rings. The lowest BCUT2D eigenvalue weighted by Crippen LogP contribution is -2.45. The molecule has 120 valence electrons. The lowest BCUT2D eigenvalue weighted by Gasteiger charge is -2.20. The van der Waals surface area contributed by atoms with Crippen molar-refractivity contribution in [2.24, 2.45) is 5.16 Å². The molecule has 0 aliphatic carbocycles. The van der Waals surface area contributed by atoms with Crippen LogP contribution in [0.1, 0.15) is 25.3 Å². The second-order valence-electron chi connectivity index (χ2n) is 5.96. The van der Waals surface area contributed by atoms with E-state index in [0.717, 1.165) is 13.0 Å². The first-order chi connectivity index (χ1) is 10.4. The number of rotatable bonds is 6. The Bertz CT molecular complexity index is 574. The number of oxime groups is 1. The molecule has 0 spiro atoms. The summed E-state index contributed by atoms with van der Waals surface area (Å²) in [7, 11) is 3.98. The van der Waals surface area contributed by atoms with Crippen LogP contribution in [-0.2, 0) is 9.63 Å². The number of amides is 1. The lowest BCUT2D eigenvalue weighted by molar-refractivity contribution is -0.141. The van der Waals surface area contributed by atoms with Gasteiger partial charge in [-0.3, -0.25) is 4.79 Å². The molecule has 1 amide bonds. The van der Waals surface area contributed by atoms with Crippen LogP contribution in [0, 0.1) is 5.82 Å². The highest BCUT2D eigenvalue weighted by Crippen LogP contribution is 2.27. The zero-order valence-electron chi connectivity index (χ0n) is 13.2. The Morgan fingerprint density at radius 3 is 2.95 bits per heavy atom. The molecule has 5 nitrogen and oxygen atoms in total. The highest BCUT2D eigenvalue weighted by Gasteiger charge is 2.42. The molecule has 1 aliphatic rings. The van der Waals surface area contributed by atoms with Crippen molar-refractivity contribution >= 4 is 11.6 Å². The van der Waals surface area contributed by atoms with Crippen LogP contribution in [-0.4, -0.2) is 49.3 Å². The number of nitrogens with zero attached hydrogens (tertiary/aromatic N) is 2. The summed E-state index contributed by atoms with van der Waals surface area (Å²) in [5.41, 5.74) is 0.203. The molecule has 0 radical (unpaired) electrons. The summed E-state index contributed by atoms with van der Waals surface area (Å²) in [6, 6.07) is 6.13. The molecule has 1 heterocycles. The van der Waals surface area contributed by atoms with Gasteiger partial charge in [-0.2, -0.15) is 0 Å². The molecule has 6 heteroatoms. The predicted octanol–water partition coefficient (Wildman–Crippen LogP) is 1.78. The highest BCUT2D eigenvalue weighted by atomic mass is 19.1. The molecule has 0 bridgehead atoms. The van der Waals surface area contributed by atoms with Crippen LogP contribution >= 0.6 is 0 Å². The number of benzene rings is 1. The van der Waals surface area contributed by atoms with Crippen molar-refractivity contribution in [2.75, 3.05) is 27.2 Å². The Morgan fingerprint density at radius 2 is 2.27 bits per heavy atom. The summed E-state index contributed by atoms with van der Waals surface area (Å²) in [6.45, 7) is 3.19. The third-order valence-corrected chi connectivity index (χ3v) is 3.57. The Morgan fingerprint density at radius 1 is 1.50 bits per heavy atom. The Labute approximate surface area is 130 Å². The molecule has 1 atom stereocenters. The fourth-order valence-corrected chi connectivity index (χ4v) is 2.27. The maximum Gasteiger partial charge on any atom is 0.267 e. The number of hydrogen-bond donors (Lipinski definition) is 1. The number of hydrogen-bond acceptors (Lipinski definition) is 4. The Kier molecular flexibility index (Phi) is 5.13. The molecule has 0 aromatic heterocycles. The van der Waals surface area contributed by atoms with E-state index in [-0.39, 0.29) is 11.7 Å². The SMILES string of the molecule is CN(C)CCCNC(=O)[C@@]1(C)CC(c2cccc(F)c2)=NO1. The van der Waals surface area contributed by atoms with E-state index in [4.69, 9.17) is 4.84 Å². The highest BCUT2D eigenvalue weighted by molar-refractivity contribution is 6.05. The standard InChI is InChI=1S/C16H22FN3O2/c1-16(15(21)18-8-5-9-20(2)3)11-14(19-22-16)12-6-4-7-13(17)10-12/h4,6-7,10H,5,8-9,11H2,1-3H3,(H,18,21)/t16-/m1/s1. The fourth-order valence-electron chi connectivity index (χ4n) is 2.27. The zero-order chi connectivity index (χ0) is 16.2. The van der Waals surface area contributed by atoms with Gasteiger partial charge in [-0.05, 0) is 46.1 Å². The minimum absolute atomic E-state index is 0.193. The monoisotopic (exact) mass is 307 g/mol. The third kappa shape index (κ3) is 4.04. The van der Waals surface area contributed by atoms with Gasteiger partial charge in [0.15, 0.2) is 0 Å². The second kappa shape index (κ2) is 6.87. The maximum absolute atomic E-state index is 13.3. The van der Waals surface area contributed by atoms with Crippen LogP contribution in [0.3, 0.4) is 0 Å². The van der Waals surface area contributed by atoms with Crippen molar-refractivity contribution in [2.45, 2.75) is 25.4 Å². The van der Waals surface area contributed by atoms with Crippen LogP contribution in [0.2, 0.25) is 0 Å². The van der Waals surface area contributed by atoms with Crippen molar-refractivity contribution < 1.29 is 14.0 Å². The molecule has 1 N–H and O–H groups in total. The Balaban J connectivity index is 1.90. The summed E-state index contributed by atoms with van der Waals surface area (Å²) in [4.78, 5) is 19.6. The van der Waals surface area contributed by atoms with Gasteiger partial charge in [0.05, 0.1) is 5.71 Å². The minimum atomic E-state index is -1.03. The molecule has 1 aliphatic heterocycles. The van der Waals surface area contributed by atoms with E-state index in [2.05, 4.69) is 15.4 Å². The van der Waals surface area contributed by atoms with Crippen LogP contribution in [0.4, 0.5) is 4.39 Å². The first kappa shape index (κ1) is 16.4. The number of halogens is 1. The quantitative estimate of drug-likeness (QED) is 0.815. The van der Waals surface area contributed by atoms with Crippen LogP contribution in [0.5, 0.6) is 0 Å². The molecule has 0 saturated heterocycles. The van der Waals surface area contributed by atoms with Gasteiger partial charge in [0.1, 0.15) is 5.82 Å². The van der Waals surface area contributed by atoms with Crippen LogP contribution in [0.15, 0.2) is 29.4 Å². The fraction of sp³-hybridized carbons (Fsp3) is 0.500. The lowest BCUT2D eigenvalue weighted by atomic mass is 9.95. The average molecular weight is 307 g/mol.